The molecule has 1 aromatic carbocycles. The smallest absolute Gasteiger partial charge is 0.244 e. The van der Waals surface area contributed by atoms with Gasteiger partial charge in [0.2, 0.25) is 10.0 Å². The van der Waals surface area contributed by atoms with Gasteiger partial charge in [-0.2, -0.15) is 4.31 Å². The van der Waals surface area contributed by atoms with E-state index in [2.05, 4.69) is 15.9 Å². The Hall–Kier alpha value is -0.630. The van der Waals surface area contributed by atoms with E-state index in [9.17, 15) is 8.42 Å². The first kappa shape index (κ1) is 14.8. The molecule has 0 aromatic heterocycles. The van der Waals surface area contributed by atoms with Crippen molar-refractivity contribution in [3.63, 3.8) is 0 Å². The van der Waals surface area contributed by atoms with E-state index in [1.165, 1.54) is 4.31 Å². The molecule has 106 valence electrons. The number of hydrogen-bond donors (Lipinski definition) is 1. The second-order valence-electron chi connectivity index (χ2n) is 4.92. The van der Waals surface area contributed by atoms with E-state index in [1.54, 1.807) is 12.1 Å². The minimum absolute atomic E-state index is 0.0643. The average Bonchev–Trinajstić information content (AvgIpc) is 2.76. The number of rotatable bonds is 3. The SMILES string of the molecule is CN(C)c1ccc(Br)c(S(=O)(=O)N2CC[C@@H](N)C2)c1. The molecule has 0 saturated carbocycles. The lowest BCUT2D eigenvalue weighted by atomic mass is 10.3. The Kier molecular flexibility index (Phi) is 4.20. The largest absolute Gasteiger partial charge is 0.378 e. The average molecular weight is 348 g/mol. The Bertz CT molecular complexity index is 574. The number of halogens is 1. The molecular weight excluding hydrogens is 330 g/mol. The van der Waals surface area contributed by atoms with Gasteiger partial charge in [0.05, 0.1) is 4.90 Å². The molecule has 0 aliphatic carbocycles. The number of benzene rings is 1. The predicted molar refractivity (Wildman–Crippen MR) is 79.8 cm³/mol. The normalized spacial score (nSPS) is 20.7. The molecule has 0 amide bonds. The van der Waals surface area contributed by atoms with E-state index < -0.39 is 10.0 Å². The second kappa shape index (κ2) is 5.40. The summed E-state index contributed by atoms with van der Waals surface area (Å²) in [7, 11) is 0.282. The van der Waals surface area contributed by atoms with Gasteiger partial charge in [0, 0.05) is 43.4 Å². The highest BCUT2D eigenvalue weighted by Gasteiger charge is 2.32. The van der Waals surface area contributed by atoms with Gasteiger partial charge in [-0.25, -0.2) is 8.42 Å². The molecule has 5 nitrogen and oxygen atoms in total. The van der Waals surface area contributed by atoms with Gasteiger partial charge in [-0.05, 0) is 40.5 Å². The summed E-state index contributed by atoms with van der Waals surface area (Å²) < 4.78 is 27.2. The van der Waals surface area contributed by atoms with Crippen molar-refractivity contribution in [2.45, 2.75) is 17.4 Å². The summed E-state index contributed by atoms with van der Waals surface area (Å²) in [4.78, 5) is 2.18. The third-order valence-electron chi connectivity index (χ3n) is 3.24. The van der Waals surface area contributed by atoms with Crippen LogP contribution in [-0.2, 0) is 10.0 Å². The Morgan fingerprint density at radius 3 is 2.63 bits per heavy atom. The summed E-state index contributed by atoms with van der Waals surface area (Å²) in [5, 5.41) is 0. The van der Waals surface area contributed by atoms with Crippen LogP contribution < -0.4 is 10.6 Å². The van der Waals surface area contributed by atoms with E-state index in [-0.39, 0.29) is 6.04 Å². The van der Waals surface area contributed by atoms with Gasteiger partial charge in [-0.15, -0.1) is 0 Å². The van der Waals surface area contributed by atoms with Crippen molar-refractivity contribution in [2.75, 3.05) is 32.1 Å². The Balaban J connectivity index is 2.42. The maximum atomic E-state index is 12.6. The Morgan fingerprint density at radius 2 is 2.11 bits per heavy atom. The van der Waals surface area contributed by atoms with E-state index in [0.717, 1.165) is 5.69 Å². The van der Waals surface area contributed by atoms with Crippen LogP contribution in [0.15, 0.2) is 27.6 Å². The third kappa shape index (κ3) is 2.94. The fraction of sp³-hybridized carbons (Fsp3) is 0.500. The Morgan fingerprint density at radius 1 is 1.42 bits per heavy atom. The Labute approximate surface area is 122 Å². The van der Waals surface area contributed by atoms with Crippen LogP contribution in [0.2, 0.25) is 0 Å². The maximum Gasteiger partial charge on any atom is 0.244 e. The van der Waals surface area contributed by atoms with Gasteiger partial charge in [0.15, 0.2) is 0 Å². The molecule has 0 spiro atoms. The summed E-state index contributed by atoms with van der Waals surface area (Å²) in [5.41, 5.74) is 6.64. The molecule has 19 heavy (non-hydrogen) atoms. The summed E-state index contributed by atoms with van der Waals surface area (Å²) in [6, 6.07) is 5.26. The minimum atomic E-state index is -3.48. The lowest BCUT2D eigenvalue weighted by Gasteiger charge is -2.19. The lowest BCUT2D eigenvalue weighted by Crippen LogP contribution is -2.32. The number of anilines is 1. The van der Waals surface area contributed by atoms with Crippen molar-refractivity contribution in [2.24, 2.45) is 5.73 Å². The highest BCUT2D eigenvalue weighted by atomic mass is 79.9. The first-order valence-electron chi connectivity index (χ1n) is 6.05. The number of nitrogens with zero attached hydrogens (tertiary/aromatic N) is 2. The second-order valence-corrected chi connectivity index (χ2v) is 7.68. The number of sulfonamides is 1. The van der Waals surface area contributed by atoms with Crippen LogP contribution >= 0.6 is 15.9 Å². The van der Waals surface area contributed by atoms with Crippen molar-refractivity contribution in [1.82, 2.24) is 4.31 Å². The van der Waals surface area contributed by atoms with Crippen LogP contribution in [0.1, 0.15) is 6.42 Å². The van der Waals surface area contributed by atoms with Gasteiger partial charge >= 0.3 is 0 Å². The maximum absolute atomic E-state index is 12.6. The summed E-state index contributed by atoms with van der Waals surface area (Å²) >= 11 is 3.32. The van der Waals surface area contributed by atoms with Crippen LogP contribution in [-0.4, -0.2) is 45.9 Å². The zero-order chi connectivity index (χ0) is 14.2. The lowest BCUT2D eigenvalue weighted by molar-refractivity contribution is 0.472. The molecule has 0 radical (unpaired) electrons. The monoisotopic (exact) mass is 347 g/mol. The topological polar surface area (TPSA) is 66.6 Å². The first-order chi connectivity index (χ1) is 8.82. The van der Waals surface area contributed by atoms with Crippen molar-refractivity contribution in [3.8, 4) is 0 Å². The summed E-state index contributed by atoms with van der Waals surface area (Å²) in [6.07, 6.45) is 0.713. The highest BCUT2D eigenvalue weighted by molar-refractivity contribution is 9.10. The molecule has 1 fully saturated rings. The molecule has 1 aromatic rings. The zero-order valence-electron chi connectivity index (χ0n) is 11.0. The fourth-order valence-corrected chi connectivity index (χ4v) is 4.54. The van der Waals surface area contributed by atoms with E-state index in [0.29, 0.717) is 28.9 Å². The quantitative estimate of drug-likeness (QED) is 0.893. The van der Waals surface area contributed by atoms with Crippen molar-refractivity contribution in [3.05, 3.63) is 22.7 Å². The molecule has 1 atom stereocenters. The summed E-state index contributed by atoms with van der Waals surface area (Å²) in [6.45, 7) is 0.878. The van der Waals surface area contributed by atoms with E-state index in [4.69, 9.17) is 5.73 Å². The third-order valence-corrected chi connectivity index (χ3v) is 6.10. The number of hydrogen-bond acceptors (Lipinski definition) is 4. The molecule has 1 aliphatic heterocycles. The minimum Gasteiger partial charge on any atom is -0.378 e. The van der Waals surface area contributed by atoms with Crippen molar-refractivity contribution in [1.29, 1.82) is 0 Å². The van der Waals surface area contributed by atoms with Gasteiger partial charge in [-0.3, -0.25) is 0 Å². The standard InChI is InChI=1S/C12H18BrN3O2S/c1-15(2)10-3-4-11(13)12(7-10)19(17,18)16-6-5-9(14)8-16/h3-4,7,9H,5-6,8,14H2,1-2H3/t9-/m1/s1. The molecule has 0 bridgehead atoms. The van der Waals surface area contributed by atoms with Gasteiger partial charge < -0.3 is 10.6 Å². The van der Waals surface area contributed by atoms with Crippen molar-refractivity contribution < 1.29 is 8.42 Å². The number of nitrogens with two attached hydrogens (primary N) is 1. The molecular formula is C12H18BrN3O2S. The molecule has 1 saturated heterocycles. The van der Waals surface area contributed by atoms with Crippen LogP contribution in [0, 0.1) is 0 Å². The highest BCUT2D eigenvalue weighted by Crippen LogP contribution is 2.30. The molecule has 1 heterocycles. The van der Waals surface area contributed by atoms with E-state index in [1.807, 2.05) is 25.1 Å². The van der Waals surface area contributed by atoms with Gasteiger partial charge in [-0.1, -0.05) is 0 Å². The van der Waals surface area contributed by atoms with Crippen LogP contribution in [0.25, 0.3) is 0 Å². The van der Waals surface area contributed by atoms with Crippen LogP contribution in [0.5, 0.6) is 0 Å². The van der Waals surface area contributed by atoms with Gasteiger partial charge in [0.1, 0.15) is 0 Å². The zero-order valence-corrected chi connectivity index (χ0v) is 13.4. The first-order valence-corrected chi connectivity index (χ1v) is 8.28. The van der Waals surface area contributed by atoms with Crippen molar-refractivity contribution >= 4 is 31.6 Å². The van der Waals surface area contributed by atoms with E-state index >= 15 is 0 Å². The van der Waals surface area contributed by atoms with Crippen LogP contribution in [0.4, 0.5) is 5.69 Å². The molecule has 2 N–H and O–H groups in total. The molecule has 2 rings (SSSR count). The molecule has 7 heteroatoms. The van der Waals surface area contributed by atoms with Gasteiger partial charge in [0.25, 0.3) is 0 Å². The molecule has 1 aliphatic rings. The molecule has 0 unspecified atom stereocenters. The predicted octanol–water partition coefficient (Wildman–Crippen LogP) is 1.24. The fourth-order valence-electron chi connectivity index (χ4n) is 2.08. The van der Waals surface area contributed by atoms with Crippen LogP contribution in [0.3, 0.4) is 0 Å². The summed E-state index contributed by atoms with van der Waals surface area (Å²) in [5.74, 6) is 0.